The third-order valence-corrected chi connectivity index (χ3v) is 2.45. The molecule has 0 aliphatic carbocycles. The molecule has 2 rings (SSSR count). The molecule has 0 saturated heterocycles. The first-order chi connectivity index (χ1) is 8.16. The Bertz CT molecular complexity index is 509. The highest BCUT2D eigenvalue weighted by Gasteiger charge is 2.10. The van der Waals surface area contributed by atoms with Gasteiger partial charge in [-0.2, -0.15) is 0 Å². The van der Waals surface area contributed by atoms with Gasteiger partial charge in [0.1, 0.15) is 5.75 Å². The number of nitrogens with zero attached hydrogens (tertiary/aromatic N) is 1. The highest BCUT2D eigenvalue weighted by molar-refractivity contribution is 5.35. The van der Waals surface area contributed by atoms with E-state index in [4.69, 9.17) is 4.74 Å². The van der Waals surface area contributed by atoms with Crippen molar-refractivity contribution in [1.82, 2.24) is 4.98 Å². The van der Waals surface area contributed by atoms with E-state index in [0.29, 0.717) is 11.4 Å². The van der Waals surface area contributed by atoms with Crippen molar-refractivity contribution in [2.45, 2.75) is 20.0 Å². The molecule has 0 bridgehead atoms. The number of benzene rings is 1. The van der Waals surface area contributed by atoms with Crippen LogP contribution in [0.3, 0.4) is 0 Å². The van der Waals surface area contributed by atoms with Gasteiger partial charge in [0, 0.05) is 11.8 Å². The lowest BCUT2D eigenvalue weighted by Crippen LogP contribution is -1.98. The fraction of sp³-hybridized carbons (Fsp3) is 0.214. The molecule has 2 aromatic rings. The van der Waals surface area contributed by atoms with Gasteiger partial charge in [-0.05, 0) is 43.7 Å². The average molecular weight is 229 g/mol. The van der Waals surface area contributed by atoms with Crippen molar-refractivity contribution in [2.75, 3.05) is 0 Å². The molecule has 88 valence electrons. The first kappa shape index (κ1) is 11.6. The molecule has 1 aromatic carbocycles. The molecule has 0 unspecified atom stereocenters. The number of rotatable bonds is 3. The number of aromatic nitrogens is 1. The van der Waals surface area contributed by atoms with Crippen LogP contribution in [0.5, 0.6) is 11.6 Å². The van der Waals surface area contributed by atoms with Crippen molar-refractivity contribution in [1.29, 1.82) is 0 Å². The van der Waals surface area contributed by atoms with Gasteiger partial charge < -0.3 is 9.84 Å². The van der Waals surface area contributed by atoms with E-state index in [9.17, 15) is 5.11 Å². The minimum absolute atomic E-state index is 0.452. The zero-order valence-corrected chi connectivity index (χ0v) is 9.92. The molecule has 3 heteroatoms. The summed E-state index contributed by atoms with van der Waals surface area (Å²) in [5, 5.41) is 9.62. The maximum absolute atomic E-state index is 9.62. The van der Waals surface area contributed by atoms with Gasteiger partial charge in [0.2, 0.25) is 5.88 Å². The lowest BCUT2D eigenvalue weighted by Gasteiger charge is -2.11. The van der Waals surface area contributed by atoms with E-state index in [0.717, 1.165) is 11.3 Å². The number of hydrogen-bond acceptors (Lipinski definition) is 3. The first-order valence-corrected chi connectivity index (χ1v) is 5.54. The SMILES string of the molecule is Cc1cccc(Oc2ncccc2[C@H](C)O)c1. The summed E-state index contributed by atoms with van der Waals surface area (Å²) in [5.41, 5.74) is 1.81. The second-order valence-corrected chi connectivity index (χ2v) is 3.99. The standard InChI is InChI=1S/C14H15NO2/c1-10-5-3-6-12(9-10)17-14-13(11(2)16)7-4-8-15-14/h3-9,11,16H,1-2H3/t11-/m0/s1. The number of aliphatic hydroxyl groups excluding tert-OH is 1. The summed E-state index contributed by atoms with van der Waals surface area (Å²) in [6, 6.07) is 11.3. The predicted octanol–water partition coefficient (Wildman–Crippen LogP) is 3.24. The van der Waals surface area contributed by atoms with E-state index in [2.05, 4.69) is 4.98 Å². The third kappa shape index (κ3) is 2.82. The van der Waals surface area contributed by atoms with Crippen LogP contribution in [0, 0.1) is 6.92 Å². The largest absolute Gasteiger partial charge is 0.439 e. The molecule has 3 nitrogen and oxygen atoms in total. The van der Waals surface area contributed by atoms with Crippen LogP contribution in [0.15, 0.2) is 42.6 Å². The van der Waals surface area contributed by atoms with Gasteiger partial charge in [0.25, 0.3) is 0 Å². The Hall–Kier alpha value is -1.87. The molecule has 1 aromatic heterocycles. The summed E-state index contributed by atoms with van der Waals surface area (Å²) in [5.74, 6) is 1.18. The van der Waals surface area contributed by atoms with Crippen LogP contribution < -0.4 is 4.74 Å². The summed E-state index contributed by atoms with van der Waals surface area (Å²) in [7, 11) is 0. The normalized spacial score (nSPS) is 12.2. The minimum Gasteiger partial charge on any atom is -0.439 e. The first-order valence-electron chi connectivity index (χ1n) is 5.54. The van der Waals surface area contributed by atoms with Gasteiger partial charge in [-0.1, -0.05) is 12.1 Å². The summed E-state index contributed by atoms with van der Waals surface area (Å²) in [4.78, 5) is 4.14. The molecule has 0 saturated carbocycles. The highest BCUT2D eigenvalue weighted by atomic mass is 16.5. The number of hydrogen-bond donors (Lipinski definition) is 1. The Morgan fingerprint density at radius 1 is 1.24 bits per heavy atom. The summed E-state index contributed by atoms with van der Waals surface area (Å²) < 4.78 is 5.68. The van der Waals surface area contributed by atoms with Crippen LogP contribution in [0.1, 0.15) is 24.2 Å². The van der Waals surface area contributed by atoms with Crippen molar-refractivity contribution < 1.29 is 9.84 Å². The lowest BCUT2D eigenvalue weighted by atomic mass is 10.2. The maximum atomic E-state index is 9.62. The van der Waals surface area contributed by atoms with E-state index in [1.54, 1.807) is 19.2 Å². The average Bonchev–Trinajstić information content (AvgIpc) is 2.29. The lowest BCUT2D eigenvalue weighted by molar-refractivity contribution is 0.194. The summed E-state index contributed by atoms with van der Waals surface area (Å²) >= 11 is 0. The van der Waals surface area contributed by atoms with Crippen molar-refractivity contribution in [3.63, 3.8) is 0 Å². The quantitative estimate of drug-likeness (QED) is 0.878. The predicted molar refractivity (Wildman–Crippen MR) is 66.1 cm³/mol. The van der Waals surface area contributed by atoms with Crippen molar-refractivity contribution >= 4 is 0 Å². The monoisotopic (exact) mass is 229 g/mol. The smallest absolute Gasteiger partial charge is 0.225 e. The third-order valence-electron chi connectivity index (χ3n) is 2.45. The Kier molecular flexibility index (Phi) is 3.40. The Balaban J connectivity index is 2.30. The van der Waals surface area contributed by atoms with Crippen LogP contribution in [0.4, 0.5) is 0 Å². The van der Waals surface area contributed by atoms with E-state index >= 15 is 0 Å². The topological polar surface area (TPSA) is 42.4 Å². The molecule has 17 heavy (non-hydrogen) atoms. The van der Waals surface area contributed by atoms with Crippen molar-refractivity contribution in [3.05, 3.63) is 53.7 Å². The molecule has 0 amide bonds. The van der Waals surface area contributed by atoms with Gasteiger partial charge in [-0.25, -0.2) is 4.98 Å². The molecule has 0 aliphatic heterocycles. The molecule has 0 aliphatic rings. The number of aliphatic hydroxyl groups is 1. The van der Waals surface area contributed by atoms with Gasteiger partial charge in [-0.3, -0.25) is 0 Å². The minimum atomic E-state index is -0.594. The Morgan fingerprint density at radius 2 is 2.06 bits per heavy atom. The summed E-state index contributed by atoms with van der Waals surface area (Å²) in [6.07, 6.45) is 1.06. The van der Waals surface area contributed by atoms with Gasteiger partial charge in [-0.15, -0.1) is 0 Å². The van der Waals surface area contributed by atoms with Crippen molar-refractivity contribution in [2.24, 2.45) is 0 Å². The summed E-state index contributed by atoms with van der Waals surface area (Å²) in [6.45, 7) is 3.70. The molecule has 0 fully saturated rings. The molecule has 1 heterocycles. The van der Waals surface area contributed by atoms with E-state index in [1.165, 1.54) is 0 Å². The maximum Gasteiger partial charge on any atom is 0.225 e. The fourth-order valence-corrected chi connectivity index (χ4v) is 1.60. The number of ether oxygens (including phenoxy) is 1. The Labute approximate surface area is 101 Å². The van der Waals surface area contributed by atoms with Crippen LogP contribution in [-0.4, -0.2) is 10.1 Å². The fourth-order valence-electron chi connectivity index (χ4n) is 1.60. The van der Waals surface area contributed by atoms with Crippen molar-refractivity contribution in [3.8, 4) is 11.6 Å². The van der Waals surface area contributed by atoms with Gasteiger partial charge >= 0.3 is 0 Å². The van der Waals surface area contributed by atoms with Crippen LogP contribution in [0.25, 0.3) is 0 Å². The van der Waals surface area contributed by atoms with Gasteiger partial charge in [0.15, 0.2) is 0 Å². The van der Waals surface area contributed by atoms with Gasteiger partial charge in [0.05, 0.1) is 6.10 Å². The second-order valence-electron chi connectivity index (χ2n) is 3.99. The molecular formula is C14H15NO2. The molecule has 0 spiro atoms. The zero-order valence-electron chi connectivity index (χ0n) is 9.92. The highest BCUT2D eigenvalue weighted by Crippen LogP contribution is 2.27. The van der Waals surface area contributed by atoms with E-state index in [1.807, 2.05) is 37.3 Å². The molecular weight excluding hydrogens is 214 g/mol. The Morgan fingerprint density at radius 3 is 2.76 bits per heavy atom. The number of pyridine rings is 1. The second kappa shape index (κ2) is 4.97. The van der Waals surface area contributed by atoms with E-state index in [-0.39, 0.29) is 0 Å². The van der Waals surface area contributed by atoms with Crippen LogP contribution in [0.2, 0.25) is 0 Å². The van der Waals surface area contributed by atoms with Crippen LogP contribution in [-0.2, 0) is 0 Å². The number of aryl methyl sites for hydroxylation is 1. The van der Waals surface area contributed by atoms with E-state index < -0.39 is 6.10 Å². The van der Waals surface area contributed by atoms with Crippen LogP contribution >= 0.6 is 0 Å². The molecule has 1 N–H and O–H groups in total. The molecule has 1 atom stereocenters. The molecule has 0 radical (unpaired) electrons. The zero-order chi connectivity index (χ0) is 12.3.